The predicted octanol–water partition coefficient (Wildman–Crippen LogP) is 1.13. The Hall–Kier alpha value is -3.49. The second kappa shape index (κ2) is 8.94. The van der Waals surface area contributed by atoms with Crippen LogP contribution in [0.5, 0.6) is 0 Å². The van der Waals surface area contributed by atoms with Crippen molar-refractivity contribution in [1.82, 2.24) is 19.4 Å². The van der Waals surface area contributed by atoms with Gasteiger partial charge in [0, 0.05) is 44.9 Å². The third-order valence-corrected chi connectivity index (χ3v) is 6.38. The Kier molecular flexibility index (Phi) is 6.07. The van der Waals surface area contributed by atoms with Crippen molar-refractivity contribution in [3.8, 4) is 0 Å². The molecule has 32 heavy (non-hydrogen) atoms. The fourth-order valence-corrected chi connectivity index (χ4v) is 4.69. The number of methoxy groups -OCH3 is 1. The van der Waals surface area contributed by atoms with E-state index in [1.165, 1.54) is 16.9 Å². The Balaban J connectivity index is 1.61. The molecule has 2 fully saturated rings. The maximum atomic E-state index is 13.6. The molecule has 1 aromatic carbocycles. The lowest BCUT2D eigenvalue weighted by Crippen LogP contribution is -2.47. The minimum Gasteiger partial charge on any atom is -0.467 e. The first-order valence-electron chi connectivity index (χ1n) is 10.7. The lowest BCUT2D eigenvalue weighted by atomic mass is 9.75. The second-order valence-electron chi connectivity index (χ2n) is 8.22. The molecule has 2 atom stereocenters. The van der Waals surface area contributed by atoms with Crippen molar-refractivity contribution in [1.29, 1.82) is 0 Å². The van der Waals surface area contributed by atoms with Gasteiger partial charge in [0.1, 0.15) is 6.04 Å². The van der Waals surface area contributed by atoms with Crippen LogP contribution < -0.4 is 0 Å². The highest BCUT2D eigenvalue weighted by Crippen LogP contribution is 2.41. The molecule has 1 aromatic heterocycles. The van der Waals surface area contributed by atoms with Gasteiger partial charge in [0.15, 0.2) is 0 Å². The molecule has 0 spiro atoms. The number of hydrogen-bond acceptors (Lipinski definition) is 6. The molecule has 2 aromatic rings. The van der Waals surface area contributed by atoms with Gasteiger partial charge in [-0.15, -0.1) is 0 Å². The van der Waals surface area contributed by atoms with Crippen molar-refractivity contribution in [3.05, 3.63) is 54.6 Å². The van der Waals surface area contributed by atoms with Gasteiger partial charge in [-0.25, -0.2) is 9.78 Å². The second-order valence-corrected chi connectivity index (χ2v) is 8.22. The molecule has 2 aliphatic heterocycles. The number of nitrogens with zero attached hydrogens (tertiary/aromatic N) is 4. The van der Waals surface area contributed by atoms with Crippen LogP contribution in [-0.4, -0.2) is 69.3 Å². The molecular formula is C23H26N4O5. The molecule has 3 amide bonds. The average molecular weight is 438 g/mol. The smallest absolute Gasteiger partial charge is 0.328 e. The van der Waals surface area contributed by atoms with E-state index >= 15 is 0 Å². The van der Waals surface area contributed by atoms with Gasteiger partial charge in [0.05, 0.1) is 18.9 Å². The summed E-state index contributed by atoms with van der Waals surface area (Å²) in [6.45, 7) is 1.05. The first-order valence-corrected chi connectivity index (χ1v) is 10.7. The molecule has 0 saturated carbocycles. The van der Waals surface area contributed by atoms with Crippen LogP contribution in [0.3, 0.4) is 0 Å². The minimum atomic E-state index is -1.28. The van der Waals surface area contributed by atoms with Gasteiger partial charge in [-0.05, 0) is 18.4 Å². The number of hydrogen-bond donors (Lipinski definition) is 0. The molecule has 0 radical (unpaired) electrons. The lowest BCUT2D eigenvalue weighted by Gasteiger charge is -2.30. The maximum Gasteiger partial charge on any atom is 0.328 e. The van der Waals surface area contributed by atoms with E-state index in [-0.39, 0.29) is 37.1 Å². The van der Waals surface area contributed by atoms with Gasteiger partial charge in [-0.3, -0.25) is 19.3 Å². The molecule has 0 aliphatic carbocycles. The SMILES string of the molecule is COC(=O)[C@@H]1CCCN1C(=O)C[C@]1(c2ccccc2)CC(=O)N(CCn2ccnc2)C1=O. The van der Waals surface area contributed by atoms with Gasteiger partial charge >= 0.3 is 5.97 Å². The molecule has 2 aliphatic rings. The fourth-order valence-electron chi connectivity index (χ4n) is 4.69. The largest absolute Gasteiger partial charge is 0.467 e. The van der Waals surface area contributed by atoms with Crippen LogP contribution >= 0.6 is 0 Å². The number of aromatic nitrogens is 2. The van der Waals surface area contributed by atoms with Gasteiger partial charge in [-0.1, -0.05) is 30.3 Å². The number of ether oxygens (including phenoxy) is 1. The monoisotopic (exact) mass is 438 g/mol. The van der Waals surface area contributed by atoms with E-state index in [1.807, 2.05) is 6.07 Å². The van der Waals surface area contributed by atoms with E-state index in [0.717, 1.165) is 0 Å². The summed E-state index contributed by atoms with van der Waals surface area (Å²) in [5.41, 5.74) is -0.654. The molecule has 0 bridgehead atoms. The Morgan fingerprint density at radius 1 is 1.19 bits per heavy atom. The van der Waals surface area contributed by atoms with E-state index in [4.69, 9.17) is 4.74 Å². The molecule has 9 heteroatoms. The highest BCUT2D eigenvalue weighted by Gasteiger charge is 2.54. The number of rotatable bonds is 7. The number of imidazole rings is 1. The minimum absolute atomic E-state index is 0.0811. The number of benzene rings is 1. The number of amides is 3. The van der Waals surface area contributed by atoms with Crippen LogP contribution in [0.25, 0.3) is 0 Å². The molecule has 4 rings (SSSR count). The molecule has 0 unspecified atom stereocenters. The first-order chi connectivity index (χ1) is 15.5. The summed E-state index contributed by atoms with van der Waals surface area (Å²) in [4.78, 5) is 58.7. The summed E-state index contributed by atoms with van der Waals surface area (Å²) >= 11 is 0. The molecule has 0 N–H and O–H groups in total. The summed E-state index contributed by atoms with van der Waals surface area (Å²) in [6, 6.07) is 8.32. The number of carbonyl (C=O) groups excluding carboxylic acids is 4. The van der Waals surface area contributed by atoms with Gasteiger partial charge in [0.25, 0.3) is 0 Å². The average Bonchev–Trinajstić information content (AvgIpc) is 3.54. The Morgan fingerprint density at radius 3 is 2.66 bits per heavy atom. The van der Waals surface area contributed by atoms with E-state index in [1.54, 1.807) is 47.6 Å². The summed E-state index contributed by atoms with van der Waals surface area (Å²) in [5, 5.41) is 0. The summed E-state index contributed by atoms with van der Waals surface area (Å²) in [7, 11) is 1.30. The van der Waals surface area contributed by atoms with Crippen molar-refractivity contribution >= 4 is 23.7 Å². The summed E-state index contributed by atoms with van der Waals surface area (Å²) in [6.07, 6.45) is 5.99. The molecule has 2 saturated heterocycles. The predicted molar refractivity (Wildman–Crippen MR) is 113 cm³/mol. The van der Waals surface area contributed by atoms with Crippen molar-refractivity contribution in [3.63, 3.8) is 0 Å². The lowest BCUT2D eigenvalue weighted by molar-refractivity contribution is -0.151. The van der Waals surface area contributed by atoms with Crippen molar-refractivity contribution < 1.29 is 23.9 Å². The standard InChI is InChI=1S/C23H26N4O5/c1-32-21(30)18-8-5-10-26(18)19(28)14-23(17-6-3-2-4-7-17)15-20(29)27(22(23)31)13-12-25-11-9-24-16-25/h2-4,6-7,9,11,16,18H,5,8,10,12-15H2,1H3/t18-,23+/m0/s1. The highest BCUT2D eigenvalue weighted by atomic mass is 16.5. The quantitative estimate of drug-likeness (QED) is 0.475. The first kappa shape index (κ1) is 21.7. The highest BCUT2D eigenvalue weighted by molar-refractivity contribution is 6.10. The Labute approximate surface area is 186 Å². The van der Waals surface area contributed by atoms with E-state index in [0.29, 0.717) is 31.5 Å². The van der Waals surface area contributed by atoms with Crippen molar-refractivity contribution in [2.75, 3.05) is 20.2 Å². The Morgan fingerprint density at radius 2 is 1.97 bits per heavy atom. The van der Waals surface area contributed by atoms with Crippen molar-refractivity contribution in [2.24, 2.45) is 0 Å². The number of likely N-dealkylation sites (tertiary alicyclic amines) is 2. The van der Waals surface area contributed by atoms with Crippen LogP contribution in [0.4, 0.5) is 0 Å². The maximum absolute atomic E-state index is 13.6. The van der Waals surface area contributed by atoms with Crippen LogP contribution in [0.15, 0.2) is 49.1 Å². The molecule has 3 heterocycles. The molecule has 168 valence electrons. The van der Waals surface area contributed by atoms with Crippen LogP contribution in [0, 0.1) is 0 Å². The topological polar surface area (TPSA) is 102 Å². The molecular weight excluding hydrogens is 412 g/mol. The van der Waals surface area contributed by atoms with Crippen LogP contribution in [-0.2, 0) is 35.9 Å². The van der Waals surface area contributed by atoms with E-state index in [9.17, 15) is 19.2 Å². The zero-order chi connectivity index (χ0) is 22.7. The fraction of sp³-hybridized carbons (Fsp3) is 0.435. The van der Waals surface area contributed by atoms with Crippen LogP contribution in [0.1, 0.15) is 31.2 Å². The summed E-state index contributed by atoms with van der Waals surface area (Å²) < 4.78 is 6.64. The Bertz CT molecular complexity index is 1010. The van der Waals surface area contributed by atoms with Crippen LogP contribution in [0.2, 0.25) is 0 Å². The van der Waals surface area contributed by atoms with Gasteiger partial charge in [0.2, 0.25) is 17.7 Å². The third-order valence-electron chi connectivity index (χ3n) is 6.38. The zero-order valence-electron chi connectivity index (χ0n) is 18.0. The number of carbonyl (C=O) groups is 4. The van der Waals surface area contributed by atoms with Gasteiger partial charge in [-0.2, -0.15) is 0 Å². The van der Waals surface area contributed by atoms with Crippen molar-refractivity contribution in [2.45, 2.75) is 43.7 Å². The zero-order valence-corrected chi connectivity index (χ0v) is 18.0. The van der Waals surface area contributed by atoms with E-state index in [2.05, 4.69) is 4.98 Å². The normalized spacial score (nSPS) is 23.1. The summed E-state index contributed by atoms with van der Waals surface area (Å²) in [5.74, 6) is -1.46. The molecule has 9 nitrogen and oxygen atoms in total. The van der Waals surface area contributed by atoms with E-state index < -0.39 is 17.4 Å². The van der Waals surface area contributed by atoms with Gasteiger partial charge < -0.3 is 14.2 Å². The number of imide groups is 1. The number of esters is 1. The third kappa shape index (κ3) is 3.90.